The van der Waals surface area contributed by atoms with Crippen molar-refractivity contribution >= 4 is 8.32 Å². The molecule has 0 amide bonds. The Morgan fingerprint density at radius 2 is 1.74 bits per heavy atom. The van der Waals surface area contributed by atoms with Crippen LogP contribution in [0.15, 0.2) is 30.3 Å². The molecule has 0 spiro atoms. The molecule has 108 valence electrons. The summed E-state index contributed by atoms with van der Waals surface area (Å²) in [5.41, 5.74) is 1.34. The minimum Gasteiger partial charge on any atom is -0.417 e. The molecule has 1 aromatic carbocycles. The van der Waals surface area contributed by atoms with E-state index < -0.39 is 8.32 Å². The van der Waals surface area contributed by atoms with Crippen LogP contribution < -0.4 is 5.32 Å². The van der Waals surface area contributed by atoms with Gasteiger partial charge in [-0.15, -0.1) is 0 Å². The minimum atomic E-state index is -1.56. The summed E-state index contributed by atoms with van der Waals surface area (Å²) < 4.78 is 6.15. The second-order valence-electron chi connectivity index (χ2n) is 6.62. The summed E-state index contributed by atoms with van der Waals surface area (Å²) in [5, 5.41) is 3.77. The van der Waals surface area contributed by atoms with Crippen LogP contribution in [0.4, 0.5) is 0 Å². The Hall–Kier alpha value is -0.643. The van der Waals surface area contributed by atoms with Crippen LogP contribution in [0, 0.1) is 0 Å². The highest BCUT2D eigenvalue weighted by Gasteiger charge is 2.36. The fraction of sp³-hybridized carbons (Fsp3) is 0.625. The molecule has 0 aliphatic carbocycles. The molecule has 1 aromatic rings. The van der Waals surface area contributed by atoms with E-state index in [2.05, 4.69) is 69.5 Å². The van der Waals surface area contributed by atoms with Crippen LogP contribution in [0.25, 0.3) is 0 Å². The molecule has 0 aromatic heterocycles. The molecule has 0 heterocycles. The maximum atomic E-state index is 6.15. The lowest BCUT2D eigenvalue weighted by Gasteiger charge is -2.36. The topological polar surface area (TPSA) is 21.3 Å². The second kappa shape index (κ2) is 7.22. The molecule has 0 saturated heterocycles. The highest BCUT2D eigenvalue weighted by molar-refractivity contribution is 6.74. The summed E-state index contributed by atoms with van der Waals surface area (Å²) in [7, 11) is -1.56. The van der Waals surface area contributed by atoms with Gasteiger partial charge in [0.15, 0.2) is 8.32 Å². The summed E-state index contributed by atoms with van der Waals surface area (Å²) in [6.45, 7) is 14.3. The highest BCUT2D eigenvalue weighted by atomic mass is 28.4. The van der Waals surface area contributed by atoms with Crippen molar-refractivity contribution in [3.8, 4) is 0 Å². The van der Waals surface area contributed by atoms with Crippen molar-refractivity contribution in [2.75, 3.05) is 13.2 Å². The van der Waals surface area contributed by atoms with E-state index in [0.29, 0.717) is 5.04 Å². The number of hydrogen-bond donors (Lipinski definition) is 1. The van der Waals surface area contributed by atoms with Gasteiger partial charge in [0.2, 0.25) is 0 Å². The SMILES string of the molecule is CC(C)(C)[Si](C)(C)OCCCNCc1ccccc1. The lowest BCUT2D eigenvalue weighted by atomic mass is 10.2. The van der Waals surface area contributed by atoms with Crippen molar-refractivity contribution in [3.05, 3.63) is 35.9 Å². The summed E-state index contributed by atoms with van der Waals surface area (Å²) >= 11 is 0. The summed E-state index contributed by atoms with van der Waals surface area (Å²) in [6, 6.07) is 10.5. The maximum Gasteiger partial charge on any atom is 0.191 e. The highest BCUT2D eigenvalue weighted by Crippen LogP contribution is 2.36. The van der Waals surface area contributed by atoms with Crippen molar-refractivity contribution in [3.63, 3.8) is 0 Å². The Kier molecular flexibility index (Phi) is 6.24. The average molecular weight is 279 g/mol. The molecule has 19 heavy (non-hydrogen) atoms. The van der Waals surface area contributed by atoms with E-state index in [1.54, 1.807) is 0 Å². The fourth-order valence-electron chi connectivity index (χ4n) is 1.57. The molecule has 0 radical (unpaired) electrons. The molecule has 0 bridgehead atoms. The molecule has 0 unspecified atom stereocenters. The zero-order valence-electron chi connectivity index (χ0n) is 13.1. The van der Waals surface area contributed by atoms with Gasteiger partial charge in [-0.3, -0.25) is 0 Å². The van der Waals surface area contributed by atoms with Crippen LogP contribution in [-0.4, -0.2) is 21.5 Å². The summed E-state index contributed by atoms with van der Waals surface area (Å²) in [4.78, 5) is 0. The minimum absolute atomic E-state index is 0.310. The van der Waals surface area contributed by atoms with Crippen LogP contribution in [0.2, 0.25) is 18.1 Å². The fourth-order valence-corrected chi connectivity index (χ4v) is 2.66. The van der Waals surface area contributed by atoms with Crippen LogP contribution in [0.3, 0.4) is 0 Å². The lowest BCUT2D eigenvalue weighted by Crippen LogP contribution is -2.41. The first-order valence-electron chi connectivity index (χ1n) is 7.21. The van der Waals surface area contributed by atoms with Crippen molar-refractivity contribution in [2.24, 2.45) is 0 Å². The molecule has 0 atom stereocenters. The molecule has 1 rings (SSSR count). The smallest absolute Gasteiger partial charge is 0.191 e. The molecule has 1 N–H and O–H groups in total. The summed E-state index contributed by atoms with van der Waals surface area (Å²) in [5.74, 6) is 0. The van der Waals surface area contributed by atoms with Crippen molar-refractivity contribution in [1.82, 2.24) is 5.32 Å². The molecular formula is C16H29NOSi. The van der Waals surface area contributed by atoms with Crippen molar-refractivity contribution < 1.29 is 4.43 Å². The predicted molar refractivity (Wildman–Crippen MR) is 85.9 cm³/mol. The van der Waals surface area contributed by atoms with Crippen LogP contribution >= 0.6 is 0 Å². The molecule has 0 fully saturated rings. The van der Waals surface area contributed by atoms with Gasteiger partial charge >= 0.3 is 0 Å². The van der Waals surface area contributed by atoms with Crippen LogP contribution in [0.1, 0.15) is 32.8 Å². The quantitative estimate of drug-likeness (QED) is 0.597. The van der Waals surface area contributed by atoms with Gasteiger partial charge in [0.25, 0.3) is 0 Å². The van der Waals surface area contributed by atoms with Crippen LogP contribution in [0.5, 0.6) is 0 Å². The third-order valence-corrected chi connectivity index (χ3v) is 8.48. The number of benzene rings is 1. The third-order valence-electron chi connectivity index (χ3n) is 3.94. The van der Waals surface area contributed by atoms with E-state index in [0.717, 1.165) is 26.1 Å². The lowest BCUT2D eigenvalue weighted by molar-refractivity contribution is 0.280. The van der Waals surface area contributed by atoms with E-state index in [1.165, 1.54) is 5.56 Å². The van der Waals surface area contributed by atoms with E-state index in [9.17, 15) is 0 Å². The van der Waals surface area contributed by atoms with E-state index in [1.807, 2.05) is 0 Å². The molecule has 0 saturated carbocycles. The Morgan fingerprint density at radius 3 is 2.32 bits per heavy atom. The Bertz CT molecular complexity index is 357. The normalized spacial score (nSPS) is 12.7. The first-order chi connectivity index (χ1) is 8.83. The Morgan fingerprint density at radius 1 is 1.11 bits per heavy atom. The number of nitrogens with one attached hydrogen (secondary N) is 1. The predicted octanol–water partition coefficient (Wildman–Crippen LogP) is 4.19. The van der Waals surface area contributed by atoms with Gasteiger partial charge in [0, 0.05) is 13.2 Å². The van der Waals surface area contributed by atoms with Gasteiger partial charge in [-0.2, -0.15) is 0 Å². The third kappa shape index (κ3) is 5.89. The number of rotatable bonds is 7. The Labute approximate surface area is 119 Å². The van der Waals surface area contributed by atoms with E-state index in [4.69, 9.17) is 4.43 Å². The molecule has 0 aliphatic rings. The van der Waals surface area contributed by atoms with Gasteiger partial charge in [-0.05, 0) is 36.7 Å². The average Bonchev–Trinajstić information content (AvgIpc) is 2.33. The van der Waals surface area contributed by atoms with E-state index in [-0.39, 0.29) is 0 Å². The second-order valence-corrected chi connectivity index (χ2v) is 11.4. The summed E-state index contributed by atoms with van der Waals surface area (Å²) in [6.07, 6.45) is 1.08. The van der Waals surface area contributed by atoms with Gasteiger partial charge in [0.1, 0.15) is 0 Å². The Balaban J connectivity index is 2.12. The van der Waals surface area contributed by atoms with Gasteiger partial charge in [-0.1, -0.05) is 51.1 Å². The monoisotopic (exact) mass is 279 g/mol. The van der Waals surface area contributed by atoms with E-state index >= 15 is 0 Å². The number of hydrogen-bond acceptors (Lipinski definition) is 2. The zero-order chi connectivity index (χ0) is 14.4. The van der Waals surface area contributed by atoms with Gasteiger partial charge in [0.05, 0.1) is 0 Å². The first-order valence-corrected chi connectivity index (χ1v) is 10.1. The first kappa shape index (κ1) is 16.4. The zero-order valence-corrected chi connectivity index (χ0v) is 14.1. The standard InChI is InChI=1S/C16H29NOSi/c1-16(2,3)19(4,5)18-13-9-12-17-14-15-10-7-6-8-11-15/h6-8,10-11,17H,9,12-14H2,1-5H3. The van der Waals surface area contributed by atoms with Crippen LogP contribution in [-0.2, 0) is 11.0 Å². The molecule has 0 aliphatic heterocycles. The molecule has 2 nitrogen and oxygen atoms in total. The molecular weight excluding hydrogens is 250 g/mol. The van der Waals surface area contributed by atoms with Gasteiger partial charge in [-0.25, -0.2) is 0 Å². The van der Waals surface area contributed by atoms with Crippen molar-refractivity contribution in [2.45, 2.75) is 51.9 Å². The van der Waals surface area contributed by atoms with Gasteiger partial charge < -0.3 is 9.74 Å². The van der Waals surface area contributed by atoms with Crippen molar-refractivity contribution in [1.29, 1.82) is 0 Å². The largest absolute Gasteiger partial charge is 0.417 e. The maximum absolute atomic E-state index is 6.15. The molecule has 3 heteroatoms.